The summed E-state index contributed by atoms with van der Waals surface area (Å²) in [6.07, 6.45) is 0.907. The number of fused-ring (bicyclic) bond motifs is 1. The maximum Gasteiger partial charge on any atom is 0.152 e. The molecular weight excluding hydrogens is 190 g/mol. The van der Waals surface area contributed by atoms with Gasteiger partial charge >= 0.3 is 0 Å². The summed E-state index contributed by atoms with van der Waals surface area (Å²) in [6.45, 7) is 2.41. The number of nitrogens with zero attached hydrogens (tertiary/aromatic N) is 1. The predicted octanol–water partition coefficient (Wildman–Crippen LogP) is 2.37. The first-order chi connectivity index (χ1) is 7.29. The molecule has 0 atom stereocenters. The molecule has 3 heteroatoms. The average molecular weight is 203 g/mol. The SMILES string of the molecule is COCn1c(C)c(C=O)c2ccccc21. The lowest BCUT2D eigenvalue weighted by Gasteiger charge is -2.05. The van der Waals surface area contributed by atoms with Crippen LogP contribution in [-0.2, 0) is 11.5 Å². The number of para-hydroxylation sites is 1. The molecule has 0 saturated heterocycles. The first-order valence-electron chi connectivity index (χ1n) is 4.81. The molecule has 0 fully saturated rings. The molecule has 0 spiro atoms. The fourth-order valence-electron chi connectivity index (χ4n) is 1.90. The van der Waals surface area contributed by atoms with Crippen LogP contribution in [0.2, 0.25) is 0 Å². The summed E-state index contributed by atoms with van der Waals surface area (Å²) in [5.74, 6) is 0. The van der Waals surface area contributed by atoms with Crippen LogP contribution in [-0.4, -0.2) is 18.0 Å². The number of methoxy groups -OCH3 is 1. The van der Waals surface area contributed by atoms with E-state index >= 15 is 0 Å². The van der Waals surface area contributed by atoms with E-state index in [1.807, 2.05) is 35.8 Å². The van der Waals surface area contributed by atoms with Crippen LogP contribution in [0.15, 0.2) is 24.3 Å². The van der Waals surface area contributed by atoms with Gasteiger partial charge in [0.15, 0.2) is 6.29 Å². The molecule has 0 aliphatic carbocycles. The van der Waals surface area contributed by atoms with Crippen molar-refractivity contribution in [1.29, 1.82) is 0 Å². The predicted molar refractivity (Wildman–Crippen MR) is 59.1 cm³/mol. The minimum absolute atomic E-state index is 0.472. The van der Waals surface area contributed by atoms with Gasteiger partial charge in [-0.3, -0.25) is 4.79 Å². The first-order valence-corrected chi connectivity index (χ1v) is 4.81. The van der Waals surface area contributed by atoms with E-state index in [1.54, 1.807) is 7.11 Å². The molecule has 0 unspecified atom stereocenters. The van der Waals surface area contributed by atoms with E-state index in [9.17, 15) is 4.79 Å². The van der Waals surface area contributed by atoms with Gasteiger partial charge < -0.3 is 9.30 Å². The highest BCUT2D eigenvalue weighted by Gasteiger charge is 2.11. The van der Waals surface area contributed by atoms with Gasteiger partial charge in [-0.15, -0.1) is 0 Å². The standard InChI is InChI=1S/C12H13NO2/c1-9-11(7-14)10-5-3-4-6-12(10)13(9)8-15-2/h3-7H,8H2,1-2H3. The number of rotatable bonds is 3. The van der Waals surface area contributed by atoms with Gasteiger partial charge in [0.25, 0.3) is 0 Å². The van der Waals surface area contributed by atoms with Crippen LogP contribution in [0.1, 0.15) is 16.1 Å². The monoisotopic (exact) mass is 203 g/mol. The largest absolute Gasteiger partial charge is 0.364 e. The van der Waals surface area contributed by atoms with E-state index in [0.29, 0.717) is 6.73 Å². The van der Waals surface area contributed by atoms with Gasteiger partial charge in [0, 0.05) is 23.8 Å². The van der Waals surface area contributed by atoms with Crippen LogP contribution in [0.25, 0.3) is 10.9 Å². The minimum Gasteiger partial charge on any atom is -0.364 e. The van der Waals surface area contributed by atoms with Gasteiger partial charge in [-0.25, -0.2) is 0 Å². The third-order valence-corrected chi connectivity index (χ3v) is 2.66. The summed E-state index contributed by atoms with van der Waals surface area (Å²) in [6, 6.07) is 7.85. The molecule has 0 bridgehead atoms. The fraction of sp³-hybridized carbons (Fsp3) is 0.250. The molecule has 0 radical (unpaired) electrons. The Morgan fingerprint density at radius 1 is 1.40 bits per heavy atom. The number of ether oxygens (including phenoxy) is 1. The number of aldehydes is 1. The van der Waals surface area contributed by atoms with E-state index in [2.05, 4.69) is 0 Å². The average Bonchev–Trinajstić information content (AvgIpc) is 2.53. The molecule has 2 aromatic rings. The highest BCUT2D eigenvalue weighted by Crippen LogP contribution is 2.24. The minimum atomic E-state index is 0.472. The van der Waals surface area contributed by atoms with Gasteiger partial charge in [-0.1, -0.05) is 18.2 Å². The molecule has 2 rings (SSSR count). The molecule has 15 heavy (non-hydrogen) atoms. The summed E-state index contributed by atoms with van der Waals surface area (Å²) >= 11 is 0. The van der Waals surface area contributed by atoms with Crippen molar-refractivity contribution in [1.82, 2.24) is 4.57 Å². The van der Waals surface area contributed by atoms with Crippen LogP contribution in [0.5, 0.6) is 0 Å². The Bertz CT molecular complexity index is 500. The Morgan fingerprint density at radius 2 is 2.13 bits per heavy atom. The Balaban J connectivity index is 2.78. The van der Waals surface area contributed by atoms with Crippen LogP contribution in [0.4, 0.5) is 0 Å². The summed E-state index contributed by atoms with van der Waals surface area (Å²) in [7, 11) is 1.65. The summed E-state index contributed by atoms with van der Waals surface area (Å²) in [5.41, 5.74) is 2.75. The number of aromatic nitrogens is 1. The first kappa shape index (κ1) is 9.93. The van der Waals surface area contributed by atoms with Crippen molar-refractivity contribution in [3.8, 4) is 0 Å². The maximum atomic E-state index is 11.0. The van der Waals surface area contributed by atoms with Crippen molar-refractivity contribution in [2.75, 3.05) is 7.11 Å². The number of hydrogen-bond acceptors (Lipinski definition) is 2. The van der Waals surface area contributed by atoms with Crippen LogP contribution in [0.3, 0.4) is 0 Å². The quantitative estimate of drug-likeness (QED) is 0.717. The van der Waals surface area contributed by atoms with Crippen molar-refractivity contribution in [3.63, 3.8) is 0 Å². The second kappa shape index (κ2) is 3.87. The molecule has 1 aromatic heterocycles. The Hall–Kier alpha value is -1.61. The lowest BCUT2D eigenvalue weighted by molar-refractivity contribution is 0.112. The van der Waals surface area contributed by atoms with Gasteiger partial charge in [0.1, 0.15) is 6.73 Å². The van der Waals surface area contributed by atoms with Gasteiger partial charge in [0.2, 0.25) is 0 Å². The number of hydrogen-bond donors (Lipinski definition) is 0. The van der Waals surface area contributed by atoms with Crippen molar-refractivity contribution >= 4 is 17.2 Å². The number of carbonyl (C=O) groups is 1. The Labute approximate surface area is 88.3 Å². The summed E-state index contributed by atoms with van der Waals surface area (Å²) < 4.78 is 7.12. The van der Waals surface area contributed by atoms with Crippen LogP contribution < -0.4 is 0 Å². The normalized spacial score (nSPS) is 10.8. The van der Waals surface area contributed by atoms with Crippen molar-refractivity contribution < 1.29 is 9.53 Å². The van der Waals surface area contributed by atoms with E-state index in [4.69, 9.17) is 4.74 Å². The molecule has 78 valence electrons. The third-order valence-electron chi connectivity index (χ3n) is 2.66. The zero-order valence-corrected chi connectivity index (χ0v) is 8.86. The smallest absolute Gasteiger partial charge is 0.152 e. The molecule has 3 nitrogen and oxygen atoms in total. The van der Waals surface area contributed by atoms with E-state index in [1.165, 1.54) is 0 Å². The van der Waals surface area contributed by atoms with Gasteiger partial charge in [-0.2, -0.15) is 0 Å². The third kappa shape index (κ3) is 1.45. The highest BCUT2D eigenvalue weighted by molar-refractivity contribution is 5.99. The Kier molecular flexibility index (Phi) is 2.56. The maximum absolute atomic E-state index is 11.0. The van der Waals surface area contributed by atoms with E-state index in [-0.39, 0.29) is 0 Å². The lowest BCUT2D eigenvalue weighted by Crippen LogP contribution is -2.01. The Morgan fingerprint density at radius 3 is 2.80 bits per heavy atom. The van der Waals surface area contributed by atoms with Crippen molar-refractivity contribution in [2.45, 2.75) is 13.7 Å². The molecule has 0 saturated carbocycles. The molecule has 0 aliphatic rings. The van der Waals surface area contributed by atoms with E-state index in [0.717, 1.165) is 28.4 Å². The zero-order chi connectivity index (χ0) is 10.8. The van der Waals surface area contributed by atoms with Gasteiger partial charge in [-0.05, 0) is 13.0 Å². The molecular formula is C12H13NO2. The highest BCUT2D eigenvalue weighted by atomic mass is 16.5. The summed E-state index contributed by atoms with van der Waals surface area (Å²) in [4.78, 5) is 11.0. The van der Waals surface area contributed by atoms with Crippen LogP contribution in [0, 0.1) is 6.92 Å². The topological polar surface area (TPSA) is 31.2 Å². The fourth-order valence-corrected chi connectivity index (χ4v) is 1.90. The molecule has 0 N–H and O–H groups in total. The second-order valence-corrected chi connectivity index (χ2v) is 3.48. The van der Waals surface area contributed by atoms with E-state index < -0.39 is 0 Å². The lowest BCUT2D eigenvalue weighted by atomic mass is 10.1. The van der Waals surface area contributed by atoms with Crippen LogP contribution >= 0.6 is 0 Å². The van der Waals surface area contributed by atoms with Gasteiger partial charge in [0.05, 0.1) is 5.52 Å². The summed E-state index contributed by atoms with van der Waals surface area (Å²) in [5, 5.41) is 0.988. The molecule has 1 heterocycles. The zero-order valence-electron chi connectivity index (χ0n) is 8.86. The molecule has 1 aromatic carbocycles. The molecule has 0 amide bonds. The van der Waals surface area contributed by atoms with Crippen molar-refractivity contribution in [2.24, 2.45) is 0 Å². The second-order valence-electron chi connectivity index (χ2n) is 3.48. The van der Waals surface area contributed by atoms with Crippen molar-refractivity contribution in [3.05, 3.63) is 35.5 Å². The number of carbonyl (C=O) groups excluding carboxylic acids is 1. The number of benzene rings is 1. The molecule has 0 aliphatic heterocycles.